The minimum absolute atomic E-state index is 0.0201. The number of thiazole rings is 1. The summed E-state index contributed by atoms with van der Waals surface area (Å²) < 4.78 is 1.05. The van der Waals surface area contributed by atoms with Gasteiger partial charge in [0, 0.05) is 19.5 Å². The monoisotopic (exact) mass is 385 g/mol. The summed E-state index contributed by atoms with van der Waals surface area (Å²) in [6.07, 6.45) is 8.86. The third kappa shape index (κ3) is 3.06. The van der Waals surface area contributed by atoms with Crippen LogP contribution in [0.5, 0.6) is 0 Å². The van der Waals surface area contributed by atoms with Gasteiger partial charge in [0.15, 0.2) is 0 Å². The molecule has 0 aliphatic carbocycles. The summed E-state index contributed by atoms with van der Waals surface area (Å²) in [5.74, 6) is 0.510. The molecule has 0 radical (unpaired) electrons. The van der Waals surface area contributed by atoms with Crippen molar-refractivity contribution in [1.82, 2.24) is 15.2 Å². The molecule has 120 valence electrons. The van der Waals surface area contributed by atoms with E-state index in [1.807, 2.05) is 11.1 Å². The van der Waals surface area contributed by atoms with Gasteiger partial charge in [0.25, 0.3) is 0 Å². The highest BCUT2D eigenvalue weighted by Gasteiger charge is 2.56. The van der Waals surface area contributed by atoms with Crippen LogP contribution >= 0.6 is 27.3 Å². The predicted molar refractivity (Wildman–Crippen MR) is 88.5 cm³/mol. The van der Waals surface area contributed by atoms with Crippen molar-refractivity contribution in [3.05, 3.63) is 15.0 Å². The largest absolute Gasteiger partial charge is 0.356 e. The number of nitrogens with one attached hydrogen (secondary N) is 1. The maximum atomic E-state index is 11.4. The number of amides is 2. The number of β-lactam (4-membered cyclic amide) rings is 1. The van der Waals surface area contributed by atoms with E-state index in [9.17, 15) is 9.59 Å². The fraction of sp³-hybridized carbons (Fsp3) is 0.667. The number of hydrogen-bond donors (Lipinski definition) is 1. The van der Waals surface area contributed by atoms with E-state index in [1.165, 1.54) is 6.42 Å². The molecular formula is C15H20BrN3O2S. The Morgan fingerprint density at radius 2 is 2.14 bits per heavy atom. The Bertz CT molecular complexity index is 567. The zero-order valence-electron chi connectivity index (χ0n) is 12.4. The number of fused-ring (bicyclic) bond motifs is 1. The molecule has 3 aliphatic rings. The number of halogens is 1. The summed E-state index contributed by atoms with van der Waals surface area (Å²) in [6.45, 7) is 1.80. The lowest BCUT2D eigenvalue weighted by molar-refractivity contribution is -0.153. The molecule has 4 rings (SSSR count). The second kappa shape index (κ2) is 6.66. The number of rotatable bonds is 1. The summed E-state index contributed by atoms with van der Waals surface area (Å²) in [5.41, 5.74) is -0.0201. The molecule has 0 spiro atoms. The van der Waals surface area contributed by atoms with Crippen LogP contribution in [0.2, 0.25) is 0 Å². The van der Waals surface area contributed by atoms with E-state index in [-0.39, 0.29) is 17.4 Å². The van der Waals surface area contributed by atoms with E-state index < -0.39 is 0 Å². The van der Waals surface area contributed by atoms with Gasteiger partial charge in [-0.1, -0.05) is 6.42 Å². The van der Waals surface area contributed by atoms with Gasteiger partial charge in [-0.3, -0.25) is 9.59 Å². The molecule has 3 aliphatic heterocycles. The van der Waals surface area contributed by atoms with Gasteiger partial charge in [0.05, 0.1) is 16.4 Å². The standard InChI is InChI=1S/C9H9BrN2OS.C6H11NO/c10-6-5-11-8(14-6)9-2-1-3-12(9)7(13)4-9;8-6-4-2-1-3-5-7-6/h5H,1-4H2;1-5H2,(H,7,8). The average molecular weight is 386 g/mol. The first-order valence-electron chi connectivity index (χ1n) is 7.81. The molecule has 1 unspecified atom stereocenters. The Morgan fingerprint density at radius 1 is 1.27 bits per heavy atom. The molecule has 4 heterocycles. The minimum Gasteiger partial charge on any atom is -0.356 e. The summed E-state index contributed by atoms with van der Waals surface area (Å²) in [7, 11) is 0. The third-order valence-electron chi connectivity index (χ3n) is 4.51. The second-order valence-electron chi connectivity index (χ2n) is 5.99. The highest BCUT2D eigenvalue weighted by Crippen LogP contribution is 2.50. The Labute approximate surface area is 142 Å². The summed E-state index contributed by atoms with van der Waals surface area (Å²) in [4.78, 5) is 28.3. The summed E-state index contributed by atoms with van der Waals surface area (Å²) in [5, 5.41) is 3.90. The zero-order valence-corrected chi connectivity index (χ0v) is 14.8. The lowest BCUT2D eigenvalue weighted by Gasteiger charge is -2.45. The van der Waals surface area contributed by atoms with Crippen LogP contribution in [0.25, 0.3) is 0 Å². The van der Waals surface area contributed by atoms with E-state index in [0.717, 1.165) is 54.0 Å². The molecule has 0 saturated carbocycles. The fourth-order valence-electron chi connectivity index (χ4n) is 3.35. The van der Waals surface area contributed by atoms with Crippen molar-refractivity contribution in [2.75, 3.05) is 13.1 Å². The van der Waals surface area contributed by atoms with Gasteiger partial charge in [-0.25, -0.2) is 4.98 Å². The quantitative estimate of drug-likeness (QED) is 0.755. The molecule has 0 bridgehead atoms. The van der Waals surface area contributed by atoms with Crippen LogP contribution in [-0.2, 0) is 15.1 Å². The van der Waals surface area contributed by atoms with Crippen molar-refractivity contribution in [3.63, 3.8) is 0 Å². The maximum Gasteiger partial charge on any atom is 0.226 e. The van der Waals surface area contributed by atoms with Gasteiger partial charge < -0.3 is 10.2 Å². The molecule has 5 nitrogen and oxygen atoms in total. The lowest BCUT2D eigenvalue weighted by Crippen LogP contribution is -2.57. The van der Waals surface area contributed by atoms with Crippen molar-refractivity contribution >= 4 is 39.1 Å². The Balaban J connectivity index is 0.000000154. The highest BCUT2D eigenvalue weighted by atomic mass is 79.9. The van der Waals surface area contributed by atoms with E-state index in [0.29, 0.717) is 6.42 Å². The first kappa shape index (κ1) is 15.9. The van der Waals surface area contributed by atoms with Crippen LogP contribution in [0.1, 0.15) is 50.0 Å². The van der Waals surface area contributed by atoms with Crippen LogP contribution in [0.3, 0.4) is 0 Å². The molecule has 3 saturated heterocycles. The van der Waals surface area contributed by atoms with Gasteiger partial charge in [-0.05, 0) is 41.6 Å². The van der Waals surface area contributed by atoms with Crippen molar-refractivity contribution in [2.24, 2.45) is 0 Å². The molecule has 7 heteroatoms. The normalized spacial score (nSPS) is 27.2. The molecule has 0 aromatic carbocycles. The van der Waals surface area contributed by atoms with Gasteiger partial charge in [-0.2, -0.15) is 0 Å². The Kier molecular flexibility index (Phi) is 4.82. The second-order valence-corrected chi connectivity index (χ2v) is 8.40. The number of aromatic nitrogens is 1. The fourth-order valence-corrected chi connectivity index (χ4v) is 4.78. The van der Waals surface area contributed by atoms with Crippen LogP contribution in [0.4, 0.5) is 0 Å². The summed E-state index contributed by atoms with van der Waals surface area (Å²) in [6, 6.07) is 0. The van der Waals surface area contributed by atoms with E-state index in [1.54, 1.807) is 11.3 Å². The number of carbonyl (C=O) groups is 2. The van der Waals surface area contributed by atoms with Crippen molar-refractivity contribution < 1.29 is 9.59 Å². The number of carbonyl (C=O) groups excluding carboxylic acids is 2. The van der Waals surface area contributed by atoms with Gasteiger partial charge >= 0.3 is 0 Å². The Morgan fingerprint density at radius 3 is 2.86 bits per heavy atom. The van der Waals surface area contributed by atoms with Gasteiger partial charge in [0.1, 0.15) is 10.5 Å². The Hall–Kier alpha value is -0.950. The number of hydrogen-bond acceptors (Lipinski definition) is 4. The molecule has 22 heavy (non-hydrogen) atoms. The van der Waals surface area contributed by atoms with Crippen LogP contribution in [0.15, 0.2) is 9.98 Å². The first-order valence-corrected chi connectivity index (χ1v) is 9.42. The molecule has 2 amide bonds. The topological polar surface area (TPSA) is 62.3 Å². The highest BCUT2D eigenvalue weighted by molar-refractivity contribution is 9.11. The summed E-state index contributed by atoms with van der Waals surface area (Å²) >= 11 is 5.07. The zero-order chi connectivity index (χ0) is 15.6. The lowest BCUT2D eigenvalue weighted by atomic mass is 9.85. The van der Waals surface area contributed by atoms with Crippen molar-refractivity contribution in [1.29, 1.82) is 0 Å². The van der Waals surface area contributed by atoms with Gasteiger partial charge in [-0.15, -0.1) is 11.3 Å². The van der Waals surface area contributed by atoms with Crippen LogP contribution in [0, 0.1) is 0 Å². The molecule has 1 atom stereocenters. The molecule has 3 fully saturated rings. The predicted octanol–water partition coefficient (Wildman–Crippen LogP) is 2.80. The van der Waals surface area contributed by atoms with Crippen LogP contribution < -0.4 is 5.32 Å². The molecule has 1 aromatic rings. The molecule has 1 N–H and O–H groups in total. The first-order chi connectivity index (χ1) is 10.6. The van der Waals surface area contributed by atoms with Crippen molar-refractivity contribution in [2.45, 2.75) is 50.5 Å². The molecule has 1 aromatic heterocycles. The van der Waals surface area contributed by atoms with Crippen LogP contribution in [-0.4, -0.2) is 34.8 Å². The smallest absolute Gasteiger partial charge is 0.226 e. The molecular weight excluding hydrogens is 366 g/mol. The van der Waals surface area contributed by atoms with Gasteiger partial charge in [0.2, 0.25) is 11.8 Å². The van der Waals surface area contributed by atoms with Crippen molar-refractivity contribution in [3.8, 4) is 0 Å². The number of nitrogens with zero attached hydrogens (tertiary/aromatic N) is 2. The minimum atomic E-state index is -0.0201. The SMILES string of the molecule is O=C1CC2(c3ncc(Br)s3)CCCN12.O=C1CCCCCN1. The van der Waals surface area contributed by atoms with E-state index in [2.05, 4.69) is 26.2 Å². The maximum absolute atomic E-state index is 11.4. The third-order valence-corrected chi connectivity index (χ3v) is 6.18. The van der Waals surface area contributed by atoms with E-state index in [4.69, 9.17) is 0 Å². The van der Waals surface area contributed by atoms with E-state index >= 15 is 0 Å². The average Bonchev–Trinajstić information content (AvgIpc) is 2.98.